The van der Waals surface area contributed by atoms with E-state index in [0.29, 0.717) is 27.4 Å². The summed E-state index contributed by atoms with van der Waals surface area (Å²) < 4.78 is 0. The van der Waals surface area contributed by atoms with E-state index in [1.807, 2.05) is 42.5 Å². The maximum Gasteiger partial charge on any atom is 0.256 e. The van der Waals surface area contributed by atoms with E-state index in [0.717, 1.165) is 10.8 Å². The summed E-state index contributed by atoms with van der Waals surface area (Å²) in [6.45, 7) is 0. The van der Waals surface area contributed by atoms with Gasteiger partial charge >= 0.3 is 0 Å². The van der Waals surface area contributed by atoms with Crippen molar-refractivity contribution in [3.63, 3.8) is 0 Å². The predicted octanol–water partition coefficient (Wildman–Crippen LogP) is 5.98. The van der Waals surface area contributed by atoms with Gasteiger partial charge in [0, 0.05) is 21.8 Å². The van der Waals surface area contributed by atoms with E-state index >= 15 is 0 Å². The minimum atomic E-state index is -0.326. The number of rotatable bonds is 4. The van der Waals surface area contributed by atoms with Crippen LogP contribution >= 0.6 is 11.6 Å². The molecule has 0 atom stereocenters. The fraction of sp³-hybridized carbons (Fsp3) is 0. The van der Waals surface area contributed by atoms with E-state index in [-0.39, 0.29) is 11.7 Å². The fourth-order valence-electron chi connectivity index (χ4n) is 3.10. The van der Waals surface area contributed by atoms with Crippen molar-refractivity contribution in [3.05, 3.63) is 113 Å². The van der Waals surface area contributed by atoms with Gasteiger partial charge in [-0.1, -0.05) is 60.1 Å². The zero-order valence-electron chi connectivity index (χ0n) is 14.9. The highest BCUT2D eigenvalue weighted by Gasteiger charge is 2.18. The molecule has 0 saturated heterocycles. The zero-order chi connectivity index (χ0) is 19.5. The molecule has 28 heavy (non-hydrogen) atoms. The highest BCUT2D eigenvalue weighted by molar-refractivity contribution is 6.30. The van der Waals surface area contributed by atoms with Crippen LogP contribution in [0.2, 0.25) is 5.02 Å². The maximum absolute atomic E-state index is 12.9. The number of amides is 1. The normalized spacial score (nSPS) is 10.6. The molecular weight excluding hydrogens is 370 g/mol. The summed E-state index contributed by atoms with van der Waals surface area (Å²) in [7, 11) is 0. The molecule has 4 aromatic rings. The van der Waals surface area contributed by atoms with Gasteiger partial charge in [-0.15, -0.1) is 0 Å². The Balaban J connectivity index is 1.64. The van der Waals surface area contributed by atoms with Crippen molar-refractivity contribution < 1.29 is 9.59 Å². The summed E-state index contributed by atoms with van der Waals surface area (Å²) in [6, 6.07) is 27.1. The van der Waals surface area contributed by atoms with E-state index < -0.39 is 0 Å². The molecule has 0 saturated carbocycles. The number of benzene rings is 4. The van der Waals surface area contributed by atoms with Gasteiger partial charge in [-0.3, -0.25) is 9.59 Å². The predicted molar refractivity (Wildman–Crippen MR) is 113 cm³/mol. The number of carbonyl (C=O) groups is 2. The van der Waals surface area contributed by atoms with Gasteiger partial charge in [0.2, 0.25) is 0 Å². The average molecular weight is 386 g/mol. The molecule has 0 aliphatic heterocycles. The molecule has 0 aromatic heterocycles. The molecule has 0 aliphatic carbocycles. The van der Waals surface area contributed by atoms with Crippen molar-refractivity contribution >= 4 is 39.8 Å². The third kappa shape index (κ3) is 3.66. The number of fused-ring (bicyclic) bond motifs is 1. The van der Waals surface area contributed by atoms with Crippen LogP contribution in [-0.2, 0) is 0 Å². The summed E-state index contributed by atoms with van der Waals surface area (Å²) in [6.07, 6.45) is 0. The SMILES string of the molecule is O=C(Nc1ccc2ccccc2c1)c1ccccc1C(=O)c1ccc(Cl)cc1. The molecule has 4 heteroatoms. The summed E-state index contributed by atoms with van der Waals surface area (Å²) in [5.41, 5.74) is 1.84. The van der Waals surface area contributed by atoms with E-state index in [4.69, 9.17) is 11.6 Å². The van der Waals surface area contributed by atoms with Crippen molar-refractivity contribution in [2.24, 2.45) is 0 Å². The molecule has 0 unspecified atom stereocenters. The summed E-state index contributed by atoms with van der Waals surface area (Å²) >= 11 is 5.90. The lowest BCUT2D eigenvalue weighted by molar-refractivity contribution is 0.0996. The third-order valence-electron chi connectivity index (χ3n) is 4.53. The lowest BCUT2D eigenvalue weighted by Crippen LogP contribution is -2.17. The van der Waals surface area contributed by atoms with Gasteiger partial charge < -0.3 is 5.32 Å². The molecule has 0 fully saturated rings. The van der Waals surface area contributed by atoms with Crippen LogP contribution in [0.1, 0.15) is 26.3 Å². The van der Waals surface area contributed by atoms with Gasteiger partial charge in [0.05, 0.1) is 5.56 Å². The van der Waals surface area contributed by atoms with E-state index in [9.17, 15) is 9.59 Å². The molecule has 0 aliphatic rings. The second-order valence-electron chi connectivity index (χ2n) is 6.40. The number of ketones is 1. The van der Waals surface area contributed by atoms with E-state index in [1.54, 1.807) is 48.5 Å². The van der Waals surface area contributed by atoms with Crippen LogP contribution in [0.4, 0.5) is 5.69 Å². The Labute approximate surface area is 167 Å². The smallest absolute Gasteiger partial charge is 0.256 e. The van der Waals surface area contributed by atoms with Crippen LogP contribution in [0.5, 0.6) is 0 Å². The lowest BCUT2D eigenvalue weighted by atomic mass is 9.98. The number of nitrogens with one attached hydrogen (secondary N) is 1. The number of hydrogen-bond acceptors (Lipinski definition) is 2. The number of hydrogen-bond donors (Lipinski definition) is 1. The summed E-state index contributed by atoms with van der Waals surface area (Å²) in [5, 5.41) is 5.58. The Bertz CT molecular complexity index is 1180. The molecule has 1 N–H and O–H groups in total. The molecule has 0 heterocycles. The van der Waals surface area contributed by atoms with Gasteiger partial charge in [0.15, 0.2) is 5.78 Å². The Kier molecular flexibility index (Phi) is 4.92. The Morgan fingerprint density at radius 3 is 2.07 bits per heavy atom. The first-order chi connectivity index (χ1) is 13.6. The largest absolute Gasteiger partial charge is 0.322 e. The number of carbonyl (C=O) groups excluding carboxylic acids is 2. The third-order valence-corrected chi connectivity index (χ3v) is 4.78. The van der Waals surface area contributed by atoms with Crippen LogP contribution in [-0.4, -0.2) is 11.7 Å². The molecule has 0 radical (unpaired) electrons. The topological polar surface area (TPSA) is 46.2 Å². The Hall–Kier alpha value is -3.43. The lowest BCUT2D eigenvalue weighted by Gasteiger charge is -2.10. The first kappa shape index (κ1) is 18.0. The molecule has 3 nitrogen and oxygen atoms in total. The second kappa shape index (κ2) is 7.67. The molecule has 1 amide bonds. The zero-order valence-corrected chi connectivity index (χ0v) is 15.6. The van der Waals surface area contributed by atoms with Gasteiger partial charge in [-0.05, 0) is 53.2 Å². The van der Waals surface area contributed by atoms with Gasteiger partial charge in [-0.2, -0.15) is 0 Å². The summed E-state index contributed by atoms with van der Waals surface area (Å²) in [5.74, 6) is -0.547. The van der Waals surface area contributed by atoms with Crippen molar-refractivity contribution in [1.29, 1.82) is 0 Å². The molecule has 4 rings (SSSR count). The first-order valence-electron chi connectivity index (χ1n) is 8.81. The molecule has 4 aromatic carbocycles. The number of halogens is 1. The molecule has 0 spiro atoms. The minimum absolute atomic E-state index is 0.221. The van der Waals surface area contributed by atoms with Crippen molar-refractivity contribution in [2.75, 3.05) is 5.32 Å². The van der Waals surface area contributed by atoms with Gasteiger partial charge in [-0.25, -0.2) is 0 Å². The second-order valence-corrected chi connectivity index (χ2v) is 6.83. The molecule has 0 bridgehead atoms. The molecular formula is C24H16ClNO2. The Morgan fingerprint density at radius 1 is 0.679 bits per heavy atom. The Morgan fingerprint density at radius 2 is 1.32 bits per heavy atom. The highest BCUT2D eigenvalue weighted by Crippen LogP contribution is 2.21. The highest BCUT2D eigenvalue weighted by atomic mass is 35.5. The van der Waals surface area contributed by atoms with Crippen molar-refractivity contribution in [3.8, 4) is 0 Å². The van der Waals surface area contributed by atoms with Crippen LogP contribution in [0.25, 0.3) is 10.8 Å². The van der Waals surface area contributed by atoms with Crippen LogP contribution in [0, 0.1) is 0 Å². The van der Waals surface area contributed by atoms with Crippen molar-refractivity contribution in [2.45, 2.75) is 0 Å². The maximum atomic E-state index is 12.9. The molecule has 136 valence electrons. The quantitative estimate of drug-likeness (QED) is 0.439. The van der Waals surface area contributed by atoms with E-state index in [1.165, 1.54) is 0 Å². The van der Waals surface area contributed by atoms with E-state index in [2.05, 4.69) is 5.32 Å². The van der Waals surface area contributed by atoms with Crippen LogP contribution in [0.3, 0.4) is 0 Å². The number of anilines is 1. The fourth-order valence-corrected chi connectivity index (χ4v) is 3.23. The van der Waals surface area contributed by atoms with Crippen LogP contribution < -0.4 is 5.32 Å². The van der Waals surface area contributed by atoms with Gasteiger partial charge in [0.1, 0.15) is 0 Å². The summed E-state index contributed by atoms with van der Waals surface area (Å²) in [4.78, 5) is 25.8. The van der Waals surface area contributed by atoms with Crippen LogP contribution in [0.15, 0.2) is 91.0 Å². The first-order valence-corrected chi connectivity index (χ1v) is 9.19. The monoisotopic (exact) mass is 385 g/mol. The standard InChI is InChI=1S/C24H16ClNO2/c25-19-12-9-17(10-13-19)23(27)21-7-3-4-8-22(21)24(28)26-20-14-11-16-5-1-2-6-18(16)15-20/h1-15H,(H,26,28). The van der Waals surface area contributed by atoms with Crippen molar-refractivity contribution in [1.82, 2.24) is 0 Å². The van der Waals surface area contributed by atoms with Gasteiger partial charge in [0.25, 0.3) is 5.91 Å². The average Bonchev–Trinajstić information content (AvgIpc) is 2.73. The minimum Gasteiger partial charge on any atom is -0.322 e.